The normalized spacial score (nSPS) is 17.9. The van der Waals surface area contributed by atoms with Crippen LogP contribution < -0.4 is 10.1 Å². The lowest BCUT2D eigenvalue weighted by molar-refractivity contribution is -0.0835. The summed E-state index contributed by atoms with van der Waals surface area (Å²) in [6.45, 7) is 4.13. The number of phenols is 1. The molecular formula is C30H33ClN2O6. The van der Waals surface area contributed by atoms with Gasteiger partial charge in [-0.25, -0.2) is 0 Å². The topological polar surface area (TPSA) is 111 Å². The Morgan fingerprint density at radius 1 is 1.13 bits per heavy atom. The molecule has 2 aliphatic heterocycles. The molecule has 5 rings (SSSR count). The Morgan fingerprint density at radius 3 is 2.69 bits per heavy atom. The summed E-state index contributed by atoms with van der Waals surface area (Å²) in [5, 5.41) is 34.0. The molecule has 1 fully saturated rings. The van der Waals surface area contributed by atoms with E-state index in [1.807, 2.05) is 12.1 Å². The fraction of sp³-hybridized carbons (Fsp3) is 0.367. The molecule has 2 aliphatic rings. The van der Waals surface area contributed by atoms with E-state index < -0.39 is 18.1 Å². The number of likely N-dealkylation sites (tertiary alicyclic amines) is 1. The molecule has 3 aromatic carbocycles. The number of benzene rings is 3. The van der Waals surface area contributed by atoms with E-state index in [2.05, 4.69) is 16.3 Å². The Balaban J connectivity index is 1.17. The van der Waals surface area contributed by atoms with E-state index in [4.69, 9.17) is 21.1 Å². The van der Waals surface area contributed by atoms with Gasteiger partial charge in [0.05, 0.1) is 23.9 Å². The average molecular weight is 553 g/mol. The van der Waals surface area contributed by atoms with Gasteiger partial charge in [0, 0.05) is 36.4 Å². The van der Waals surface area contributed by atoms with Crippen molar-refractivity contribution in [1.29, 1.82) is 0 Å². The number of carbonyl (C=O) groups excluding carboxylic acids is 1. The van der Waals surface area contributed by atoms with Crippen molar-refractivity contribution in [1.82, 2.24) is 4.90 Å². The fourth-order valence-corrected chi connectivity index (χ4v) is 5.55. The number of carbonyl (C=O) groups is 1. The summed E-state index contributed by atoms with van der Waals surface area (Å²) in [5.74, 6) is -0.307. The van der Waals surface area contributed by atoms with E-state index in [0.717, 1.165) is 31.5 Å². The minimum Gasteiger partial charge on any atom is -0.508 e. The van der Waals surface area contributed by atoms with Crippen molar-refractivity contribution in [2.75, 3.05) is 31.6 Å². The zero-order valence-corrected chi connectivity index (χ0v) is 22.5. The molecule has 2 atom stereocenters. The number of nitrogens with zero attached hydrogens (tertiary/aromatic N) is 1. The highest BCUT2D eigenvalue weighted by Crippen LogP contribution is 2.44. The number of β-amino-alcohol motifs (C(OH)–C–C–N with tert-alkyl or cyclic N) is 1. The van der Waals surface area contributed by atoms with Crippen molar-refractivity contribution in [3.63, 3.8) is 0 Å². The van der Waals surface area contributed by atoms with Crippen LogP contribution in [0.2, 0.25) is 5.02 Å². The van der Waals surface area contributed by atoms with E-state index >= 15 is 0 Å². The lowest BCUT2D eigenvalue weighted by atomic mass is 9.84. The fourth-order valence-electron chi connectivity index (χ4n) is 5.36. The third-order valence-corrected chi connectivity index (χ3v) is 7.70. The number of ether oxygens (including phenoxy) is 2. The molecule has 0 radical (unpaired) electrons. The first kappa shape index (κ1) is 27.4. The average Bonchev–Trinajstić information content (AvgIpc) is 3.25. The first-order valence-corrected chi connectivity index (χ1v) is 13.5. The maximum atomic E-state index is 13.0. The number of aliphatic hydroxyl groups excluding tert-OH is 2. The van der Waals surface area contributed by atoms with Gasteiger partial charge in [-0.05, 0) is 72.9 Å². The monoisotopic (exact) mass is 552 g/mol. The Kier molecular flexibility index (Phi) is 8.11. The van der Waals surface area contributed by atoms with E-state index in [-0.39, 0.29) is 29.3 Å². The Labute approximate surface area is 232 Å². The molecule has 0 aromatic heterocycles. The van der Waals surface area contributed by atoms with Crippen molar-refractivity contribution in [2.45, 2.75) is 44.2 Å². The second kappa shape index (κ2) is 11.5. The molecule has 0 bridgehead atoms. The van der Waals surface area contributed by atoms with Crippen LogP contribution in [0.3, 0.4) is 0 Å². The van der Waals surface area contributed by atoms with Crippen LogP contribution in [0, 0.1) is 0 Å². The molecule has 0 saturated carbocycles. The lowest BCUT2D eigenvalue weighted by Gasteiger charge is -2.39. The molecule has 39 heavy (non-hydrogen) atoms. The second-order valence-corrected chi connectivity index (χ2v) is 10.7. The van der Waals surface area contributed by atoms with Crippen molar-refractivity contribution in [2.24, 2.45) is 0 Å². The SMILES string of the molecule is CC(O)c1cccc(NC(=O)c2ccc(O)cc2OC[C@@H](O)CN2CCC3(CC2)OCc2cc(Cl)ccc23)c1. The number of nitrogens with one attached hydrogen (secondary N) is 1. The Hall–Kier alpha value is -3.14. The van der Waals surface area contributed by atoms with E-state index in [0.29, 0.717) is 29.4 Å². The van der Waals surface area contributed by atoms with Gasteiger partial charge >= 0.3 is 0 Å². The van der Waals surface area contributed by atoms with Crippen molar-refractivity contribution < 1.29 is 29.6 Å². The largest absolute Gasteiger partial charge is 0.508 e. The summed E-state index contributed by atoms with van der Waals surface area (Å²) in [4.78, 5) is 15.2. The van der Waals surface area contributed by atoms with Crippen LogP contribution in [0.15, 0.2) is 60.7 Å². The summed E-state index contributed by atoms with van der Waals surface area (Å²) in [6.07, 6.45) is 0.183. The first-order chi connectivity index (χ1) is 18.7. The van der Waals surface area contributed by atoms with Crippen LogP contribution in [-0.2, 0) is 16.9 Å². The number of anilines is 1. The highest BCUT2D eigenvalue weighted by atomic mass is 35.5. The number of hydrogen-bond acceptors (Lipinski definition) is 7. The van der Waals surface area contributed by atoms with Gasteiger partial charge in [0.1, 0.15) is 24.2 Å². The molecule has 2 heterocycles. The van der Waals surface area contributed by atoms with Crippen molar-refractivity contribution in [3.05, 3.63) is 87.9 Å². The minimum absolute atomic E-state index is 0.0410. The van der Waals surface area contributed by atoms with Crippen molar-refractivity contribution >= 4 is 23.2 Å². The summed E-state index contributed by atoms with van der Waals surface area (Å²) < 4.78 is 12.0. The summed E-state index contributed by atoms with van der Waals surface area (Å²) in [6, 6.07) is 17.1. The molecule has 1 unspecified atom stereocenters. The zero-order valence-electron chi connectivity index (χ0n) is 21.8. The van der Waals surface area contributed by atoms with Crippen molar-refractivity contribution in [3.8, 4) is 11.5 Å². The van der Waals surface area contributed by atoms with Crippen LogP contribution in [0.1, 0.15) is 52.9 Å². The van der Waals surface area contributed by atoms with E-state index in [1.165, 1.54) is 23.8 Å². The Bertz CT molecular complexity index is 1340. The highest BCUT2D eigenvalue weighted by Gasteiger charge is 2.42. The number of amides is 1. The molecule has 4 N–H and O–H groups in total. The third kappa shape index (κ3) is 6.21. The number of aliphatic hydroxyl groups is 2. The standard InChI is InChI=1S/C30H33ClN2O6/c1-19(34)20-3-2-4-23(14-20)32-29(37)26-7-6-24(35)15-28(26)38-18-25(36)16-33-11-9-30(10-12-33)27-8-5-22(31)13-21(27)17-39-30/h2-8,13-15,19,25,34-36H,9-12,16-18H2,1H3,(H,32,37)/t19?,25-/m0/s1. The molecule has 9 heteroatoms. The minimum atomic E-state index is -0.796. The molecule has 1 amide bonds. The zero-order chi connectivity index (χ0) is 27.6. The summed E-state index contributed by atoms with van der Waals surface area (Å²) in [7, 11) is 0. The lowest BCUT2D eigenvalue weighted by Crippen LogP contribution is -2.46. The maximum Gasteiger partial charge on any atom is 0.259 e. The number of hydrogen-bond donors (Lipinski definition) is 4. The molecule has 0 aliphatic carbocycles. The van der Waals surface area contributed by atoms with Gasteiger partial charge in [0.25, 0.3) is 5.91 Å². The maximum absolute atomic E-state index is 13.0. The number of rotatable bonds is 8. The van der Waals surface area contributed by atoms with Crippen LogP contribution >= 0.6 is 11.6 Å². The van der Waals surface area contributed by atoms with Gasteiger partial charge in [-0.3, -0.25) is 4.79 Å². The van der Waals surface area contributed by atoms with Crippen LogP contribution in [0.25, 0.3) is 0 Å². The number of halogens is 1. The second-order valence-electron chi connectivity index (χ2n) is 10.3. The highest BCUT2D eigenvalue weighted by molar-refractivity contribution is 6.30. The smallest absolute Gasteiger partial charge is 0.259 e. The van der Waals surface area contributed by atoms with Gasteiger partial charge in [-0.15, -0.1) is 0 Å². The van der Waals surface area contributed by atoms with E-state index in [1.54, 1.807) is 31.2 Å². The van der Waals surface area contributed by atoms with Gasteiger partial charge in [0.15, 0.2) is 0 Å². The molecule has 1 saturated heterocycles. The van der Waals surface area contributed by atoms with Gasteiger partial charge in [0.2, 0.25) is 0 Å². The molecule has 8 nitrogen and oxygen atoms in total. The van der Waals surface area contributed by atoms with E-state index in [9.17, 15) is 20.1 Å². The predicted octanol–water partition coefficient (Wildman–Crippen LogP) is 4.61. The van der Waals surface area contributed by atoms with Gasteiger partial charge in [-0.1, -0.05) is 29.8 Å². The Morgan fingerprint density at radius 2 is 1.92 bits per heavy atom. The number of fused-ring (bicyclic) bond motifs is 2. The molecular weight excluding hydrogens is 520 g/mol. The number of piperidine rings is 1. The predicted molar refractivity (Wildman–Crippen MR) is 148 cm³/mol. The van der Waals surface area contributed by atoms with Crippen LogP contribution in [-0.4, -0.2) is 58.5 Å². The molecule has 206 valence electrons. The summed E-state index contributed by atoms with van der Waals surface area (Å²) in [5.41, 5.74) is 3.48. The number of phenolic OH excluding ortho intramolecular Hbond substituents is 1. The van der Waals surface area contributed by atoms with Crippen LogP contribution in [0.5, 0.6) is 11.5 Å². The quantitative estimate of drug-likeness (QED) is 0.323. The first-order valence-electron chi connectivity index (χ1n) is 13.1. The third-order valence-electron chi connectivity index (χ3n) is 7.46. The van der Waals surface area contributed by atoms with Gasteiger partial charge < -0.3 is 35.0 Å². The van der Waals surface area contributed by atoms with Gasteiger partial charge in [-0.2, -0.15) is 0 Å². The summed E-state index contributed by atoms with van der Waals surface area (Å²) >= 11 is 6.15. The number of aromatic hydroxyl groups is 1. The molecule has 3 aromatic rings. The molecule has 1 spiro atoms. The van der Waals surface area contributed by atoms with Crippen LogP contribution in [0.4, 0.5) is 5.69 Å².